The summed E-state index contributed by atoms with van der Waals surface area (Å²) in [5.74, 6) is 0.496. The van der Waals surface area contributed by atoms with Crippen LogP contribution in [0.2, 0.25) is 0 Å². The first-order valence-corrected chi connectivity index (χ1v) is 8.25. The van der Waals surface area contributed by atoms with Gasteiger partial charge in [0.15, 0.2) is 0 Å². The number of anilines is 2. The summed E-state index contributed by atoms with van der Waals surface area (Å²) in [5.41, 5.74) is 2.25. The SMILES string of the molecule is Cc1cc(C(=O)Nc2ccc(N3CCNCC3)cn2)sc1C. The number of carbonyl (C=O) groups excluding carboxylic acids is 1. The number of aryl methyl sites for hydroxylation is 2. The topological polar surface area (TPSA) is 57.3 Å². The van der Waals surface area contributed by atoms with Gasteiger partial charge < -0.3 is 15.5 Å². The summed E-state index contributed by atoms with van der Waals surface area (Å²) in [6, 6.07) is 5.80. The van der Waals surface area contributed by atoms with E-state index in [-0.39, 0.29) is 5.91 Å². The van der Waals surface area contributed by atoms with E-state index in [2.05, 4.69) is 20.5 Å². The number of nitrogens with zero attached hydrogens (tertiary/aromatic N) is 2. The molecular weight excluding hydrogens is 296 g/mol. The molecule has 2 N–H and O–H groups in total. The minimum atomic E-state index is -0.0939. The third-order valence-corrected chi connectivity index (χ3v) is 5.01. The normalized spacial score (nSPS) is 14.9. The molecule has 0 bridgehead atoms. The van der Waals surface area contributed by atoms with Crippen molar-refractivity contribution in [1.29, 1.82) is 0 Å². The number of carbonyl (C=O) groups is 1. The van der Waals surface area contributed by atoms with Crippen LogP contribution >= 0.6 is 11.3 Å². The summed E-state index contributed by atoms with van der Waals surface area (Å²) < 4.78 is 0. The van der Waals surface area contributed by atoms with E-state index in [1.54, 1.807) is 0 Å². The summed E-state index contributed by atoms with van der Waals surface area (Å²) >= 11 is 1.51. The lowest BCUT2D eigenvalue weighted by atomic mass is 10.3. The van der Waals surface area contributed by atoms with E-state index in [0.29, 0.717) is 5.82 Å². The molecule has 2 aromatic rings. The first-order valence-electron chi connectivity index (χ1n) is 7.43. The maximum atomic E-state index is 12.2. The maximum Gasteiger partial charge on any atom is 0.266 e. The van der Waals surface area contributed by atoms with Crippen molar-refractivity contribution in [1.82, 2.24) is 10.3 Å². The molecule has 1 saturated heterocycles. The second-order valence-electron chi connectivity index (χ2n) is 5.44. The molecule has 5 nitrogen and oxygen atoms in total. The number of nitrogens with one attached hydrogen (secondary N) is 2. The second-order valence-corrected chi connectivity index (χ2v) is 6.70. The molecule has 0 atom stereocenters. The summed E-state index contributed by atoms with van der Waals surface area (Å²) in [6.07, 6.45) is 1.83. The molecule has 22 heavy (non-hydrogen) atoms. The lowest BCUT2D eigenvalue weighted by Gasteiger charge is -2.29. The number of pyridine rings is 1. The second kappa shape index (κ2) is 6.46. The Morgan fingerprint density at radius 2 is 2.09 bits per heavy atom. The highest BCUT2D eigenvalue weighted by Gasteiger charge is 2.13. The van der Waals surface area contributed by atoms with Gasteiger partial charge in [-0.3, -0.25) is 4.79 Å². The number of rotatable bonds is 3. The van der Waals surface area contributed by atoms with E-state index in [1.807, 2.05) is 38.2 Å². The molecule has 0 aliphatic carbocycles. The lowest BCUT2D eigenvalue weighted by molar-refractivity contribution is 0.103. The Hall–Kier alpha value is -1.92. The monoisotopic (exact) mass is 316 g/mol. The number of hydrogen-bond acceptors (Lipinski definition) is 5. The minimum Gasteiger partial charge on any atom is -0.368 e. The number of piperazine rings is 1. The molecular formula is C16H20N4OS. The average Bonchev–Trinajstić information content (AvgIpc) is 2.88. The Morgan fingerprint density at radius 1 is 1.32 bits per heavy atom. The standard InChI is InChI=1S/C16H20N4OS/c1-11-9-14(22-12(11)2)16(21)19-15-4-3-13(10-18-15)20-7-5-17-6-8-20/h3-4,9-10,17H,5-8H2,1-2H3,(H,18,19,21). The van der Waals surface area contributed by atoms with Crippen LogP contribution in [0.5, 0.6) is 0 Å². The molecule has 6 heteroatoms. The Bertz CT molecular complexity index is 640. The van der Waals surface area contributed by atoms with Gasteiger partial charge in [-0.25, -0.2) is 4.98 Å². The van der Waals surface area contributed by atoms with Crippen molar-refractivity contribution in [2.24, 2.45) is 0 Å². The van der Waals surface area contributed by atoms with Crippen LogP contribution in [0.4, 0.5) is 11.5 Å². The van der Waals surface area contributed by atoms with Crippen LogP contribution in [0.1, 0.15) is 20.1 Å². The zero-order chi connectivity index (χ0) is 15.5. The van der Waals surface area contributed by atoms with Crippen molar-refractivity contribution in [2.45, 2.75) is 13.8 Å². The maximum absolute atomic E-state index is 12.2. The van der Waals surface area contributed by atoms with Crippen LogP contribution in [-0.2, 0) is 0 Å². The molecule has 0 saturated carbocycles. The first kappa shape index (κ1) is 15.0. The fraction of sp³-hybridized carbons (Fsp3) is 0.375. The molecule has 1 fully saturated rings. The molecule has 0 aromatic carbocycles. The summed E-state index contributed by atoms with van der Waals surface area (Å²) in [6.45, 7) is 8.01. The Morgan fingerprint density at radius 3 is 2.68 bits per heavy atom. The van der Waals surface area contributed by atoms with Crippen molar-refractivity contribution in [3.63, 3.8) is 0 Å². The summed E-state index contributed by atoms with van der Waals surface area (Å²) in [7, 11) is 0. The van der Waals surface area contributed by atoms with E-state index in [0.717, 1.165) is 42.3 Å². The number of aromatic nitrogens is 1. The van der Waals surface area contributed by atoms with Gasteiger partial charge in [0.25, 0.3) is 5.91 Å². The Labute approximate surface area is 134 Å². The van der Waals surface area contributed by atoms with Gasteiger partial charge in [-0.2, -0.15) is 0 Å². The third kappa shape index (κ3) is 3.28. The van der Waals surface area contributed by atoms with Crippen molar-refractivity contribution < 1.29 is 4.79 Å². The van der Waals surface area contributed by atoms with Crippen LogP contribution in [0.15, 0.2) is 24.4 Å². The van der Waals surface area contributed by atoms with Crippen molar-refractivity contribution in [3.8, 4) is 0 Å². The van der Waals surface area contributed by atoms with Crippen molar-refractivity contribution in [3.05, 3.63) is 39.7 Å². The van der Waals surface area contributed by atoms with Gasteiger partial charge in [0.2, 0.25) is 0 Å². The van der Waals surface area contributed by atoms with E-state index >= 15 is 0 Å². The molecule has 1 amide bonds. The van der Waals surface area contributed by atoms with Crippen molar-refractivity contribution in [2.75, 3.05) is 36.4 Å². The third-order valence-electron chi connectivity index (χ3n) is 3.86. The van der Waals surface area contributed by atoms with Gasteiger partial charge in [0, 0.05) is 31.1 Å². The van der Waals surface area contributed by atoms with E-state index in [9.17, 15) is 4.79 Å². The van der Waals surface area contributed by atoms with Gasteiger partial charge in [-0.15, -0.1) is 11.3 Å². The zero-order valence-corrected chi connectivity index (χ0v) is 13.7. The molecule has 0 unspecified atom stereocenters. The molecule has 0 radical (unpaired) electrons. The predicted octanol–water partition coefficient (Wildman–Crippen LogP) is 2.42. The van der Waals surface area contributed by atoms with Crippen LogP contribution < -0.4 is 15.5 Å². The van der Waals surface area contributed by atoms with E-state index < -0.39 is 0 Å². The highest BCUT2D eigenvalue weighted by atomic mass is 32.1. The molecule has 0 spiro atoms. The van der Waals surface area contributed by atoms with Crippen molar-refractivity contribution >= 4 is 28.7 Å². The number of amides is 1. The van der Waals surface area contributed by atoms with Crippen LogP contribution in [0, 0.1) is 13.8 Å². The van der Waals surface area contributed by atoms with E-state index in [4.69, 9.17) is 0 Å². The van der Waals surface area contributed by atoms with Gasteiger partial charge in [-0.1, -0.05) is 0 Å². The van der Waals surface area contributed by atoms with Crippen LogP contribution in [-0.4, -0.2) is 37.1 Å². The molecule has 3 heterocycles. The fourth-order valence-electron chi connectivity index (χ4n) is 2.43. The first-order chi connectivity index (χ1) is 10.6. The minimum absolute atomic E-state index is 0.0939. The zero-order valence-electron chi connectivity index (χ0n) is 12.8. The molecule has 116 valence electrons. The predicted molar refractivity (Wildman–Crippen MR) is 91.1 cm³/mol. The lowest BCUT2D eigenvalue weighted by Crippen LogP contribution is -2.43. The smallest absolute Gasteiger partial charge is 0.266 e. The van der Waals surface area contributed by atoms with Gasteiger partial charge in [-0.05, 0) is 37.6 Å². The fourth-order valence-corrected chi connectivity index (χ4v) is 3.36. The molecule has 2 aromatic heterocycles. The van der Waals surface area contributed by atoms with Gasteiger partial charge in [0.05, 0.1) is 16.8 Å². The number of hydrogen-bond donors (Lipinski definition) is 2. The van der Waals surface area contributed by atoms with E-state index in [1.165, 1.54) is 16.2 Å². The molecule has 1 aliphatic heterocycles. The number of thiophene rings is 1. The summed E-state index contributed by atoms with van der Waals surface area (Å²) in [5, 5.41) is 6.19. The Kier molecular flexibility index (Phi) is 4.40. The average molecular weight is 316 g/mol. The van der Waals surface area contributed by atoms with Gasteiger partial charge >= 0.3 is 0 Å². The van der Waals surface area contributed by atoms with Crippen LogP contribution in [0.25, 0.3) is 0 Å². The largest absolute Gasteiger partial charge is 0.368 e. The highest BCUT2D eigenvalue weighted by molar-refractivity contribution is 7.14. The van der Waals surface area contributed by atoms with Crippen LogP contribution in [0.3, 0.4) is 0 Å². The van der Waals surface area contributed by atoms with Gasteiger partial charge in [0.1, 0.15) is 5.82 Å². The Balaban J connectivity index is 1.66. The quantitative estimate of drug-likeness (QED) is 0.913. The summed E-state index contributed by atoms with van der Waals surface area (Å²) in [4.78, 5) is 20.8. The molecule has 1 aliphatic rings. The highest BCUT2D eigenvalue weighted by Crippen LogP contribution is 2.22. The molecule has 3 rings (SSSR count).